The monoisotopic (exact) mass is 437 g/mol. The molecule has 32 heavy (non-hydrogen) atoms. The van der Waals surface area contributed by atoms with Crippen LogP contribution < -0.4 is 4.74 Å². The van der Waals surface area contributed by atoms with Gasteiger partial charge in [0.25, 0.3) is 0 Å². The van der Waals surface area contributed by atoms with Crippen LogP contribution >= 0.6 is 0 Å². The number of aliphatic carboxylic acids is 1. The van der Waals surface area contributed by atoms with Gasteiger partial charge in [-0.15, -0.1) is 0 Å². The van der Waals surface area contributed by atoms with Gasteiger partial charge < -0.3 is 9.84 Å². The molecule has 1 saturated carbocycles. The quantitative estimate of drug-likeness (QED) is 0.579. The zero-order valence-corrected chi connectivity index (χ0v) is 20.0. The first-order valence-corrected chi connectivity index (χ1v) is 12.4. The molecule has 0 amide bonds. The molecule has 1 atom stereocenters. The molecule has 2 fully saturated rings. The average Bonchev–Trinajstić information content (AvgIpc) is 2.99. The Balaban J connectivity index is 1.35. The van der Waals surface area contributed by atoms with Crippen LogP contribution in [0.15, 0.2) is 36.4 Å². The van der Waals surface area contributed by atoms with Crippen molar-refractivity contribution in [1.29, 1.82) is 0 Å². The first kappa shape index (κ1) is 23.1. The van der Waals surface area contributed by atoms with Crippen molar-refractivity contribution in [2.24, 2.45) is 17.3 Å². The van der Waals surface area contributed by atoms with Gasteiger partial charge in [-0.2, -0.15) is 0 Å². The molecule has 1 unspecified atom stereocenters. The van der Waals surface area contributed by atoms with Gasteiger partial charge in [0, 0.05) is 6.54 Å². The van der Waals surface area contributed by atoms with Gasteiger partial charge in [0.2, 0.25) is 0 Å². The highest BCUT2D eigenvalue weighted by Crippen LogP contribution is 2.39. The Morgan fingerprint density at radius 2 is 1.69 bits per heavy atom. The van der Waals surface area contributed by atoms with E-state index in [9.17, 15) is 9.90 Å². The number of carboxylic acid groups (broad SMARTS) is 1. The van der Waals surface area contributed by atoms with E-state index in [1.54, 1.807) is 0 Å². The smallest absolute Gasteiger partial charge is 0.306 e. The zero-order valence-electron chi connectivity index (χ0n) is 20.0. The molecule has 1 saturated heterocycles. The molecule has 4 nitrogen and oxygen atoms in total. The predicted octanol–water partition coefficient (Wildman–Crippen LogP) is 6.51. The Kier molecular flexibility index (Phi) is 7.09. The summed E-state index contributed by atoms with van der Waals surface area (Å²) in [5, 5.41) is 11.8. The molecule has 1 N–H and O–H groups in total. The van der Waals surface area contributed by atoms with Crippen molar-refractivity contribution in [2.75, 3.05) is 13.1 Å². The second kappa shape index (κ2) is 9.82. The molecule has 174 valence electrons. The SMILES string of the molecule is CC(C)(C)[C@H]1CC[C@H](Oc2ccc3cc(CN4CCCC(C(=O)O)CC4)ccc3c2)CC1. The number of ether oxygens (including phenoxy) is 1. The second-order valence-electron chi connectivity index (χ2n) is 11.0. The molecule has 0 spiro atoms. The number of fused-ring (bicyclic) bond motifs is 1. The van der Waals surface area contributed by atoms with Crippen LogP contribution in [0, 0.1) is 17.3 Å². The van der Waals surface area contributed by atoms with Gasteiger partial charge in [0.1, 0.15) is 5.75 Å². The molecular formula is C28H39NO3. The van der Waals surface area contributed by atoms with E-state index in [1.807, 2.05) is 0 Å². The summed E-state index contributed by atoms with van der Waals surface area (Å²) >= 11 is 0. The molecule has 0 aromatic heterocycles. The summed E-state index contributed by atoms with van der Waals surface area (Å²) in [6.45, 7) is 9.80. The van der Waals surface area contributed by atoms with E-state index in [1.165, 1.54) is 29.2 Å². The molecule has 0 radical (unpaired) electrons. The lowest BCUT2D eigenvalue weighted by Crippen LogP contribution is -2.30. The predicted molar refractivity (Wildman–Crippen MR) is 130 cm³/mol. The van der Waals surface area contributed by atoms with Gasteiger partial charge >= 0.3 is 5.97 Å². The Morgan fingerprint density at radius 1 is 0.969 bits per heavy atom. The summed E-state index contributed by atoms with van der Waals surface area (Å²) in [7, 11) is 0. The third-order valence-electron chi connectivity index (χ3n) is 7.65. The number of carboxylic acids is 1. The number of rotatable bonds is 5. The maximum Gasteiger partial charge on any atom is 0.306 e. The highest BCUT2D eigenvalue weighted by molar-refractivity contribution is 5.84. The zero-order chi connectivity index (χ0) is 22.7. The molecule has 2 aromatic carbocycles. The lowest BCUT2D eigenvalue weighted by molar-refractivity contribution is -0.142. The summed E-state index contributed by atoms with van der Waals surface area (Å²) in [4.78, 5) is 13.7. The molecule has 2 aromatic rings. The third-order valence-corrected chi connectivity index (χ3v) is 7.65. The van der Waals surface area contributed by atoms with E-state index < -0.39 is 5.97 Å². The lowest BCUT2D eigenvalue weighted by atomic mass is 9.72. The van der Waals surface area contributed by atoms with Gasteiger partial charge in [-0.05, 0) is 104 Å². The third kappa shape index (κ3) is 5.83. The van der Waals surface area contributed by atoms with E-state index >= 15 is 0 Å². The first-order valence-electron chi connectivity index (χ1n) is 12.4. The van der Waals surface area contributed by atoms with Crippen molar-refractivity contribution in [3.63, 3.8) is 0 Å². The molecule has 1 aliphatic heterocycles. The van der Waals surface area contributed by atoms with Crippen LogP contribution in [0.3, 0.4) is 0 Å². The Bertz CT molecular complexity index is 924. The Labute approximate surface area is 192 Å². The van der Waals surface area contributed by atoms with Crippen LogP contribution in [-0.2, 0) is 11.3 Å². The van der Waals surface area contributed by atoms with Gasteiger partial charge in [-0.1, -0.05) is 39.0 Å². The summed E-state index contributed by atoms with van der Waals surface area (Å²) < 4.78 is 6.36. The minimum atomic E-state index is -0.641. The van der Waals surface area contributed by atoms with E-state index in [2.05, 4.69) is 62.1 Å². The maximum absolute atomic E-state index is 11.3. The van der Waals surface area contributed by atoms with Crippen molar-refractivity contribution in [1.82, 2.24) is 4.90 Å². The van der Waals surface area contributed by atoms with E-state index in [-0.39, 0.29) is 5.92 Å². The average molecular weight is 438 g/mol. The lowest BCUT2D eigenvalue weighted by Gasteiger charge is -2.37. The largest absolute Gasteiger partial charge is 0.490 e. The van der Waals surface area contributed by atoms with Crippen molar-refractivity contribution in [3.05, 3.63) is 42.0 Å². The summed E-state index contributed by atoms with van der Waals surface area (Å²) in [5.74, 6) is 0.963. The number of carbonyl (C=O) groups is 1. The molecule has 1 heterocycles. The van der Waals surface area contributed by atoms with Gasteiger partial charge in [0.15, 0.2) is 0 Å². The summed E-state index contributed by atoms with van der Waals surface area (Å²) in [6.07, 6.45) is 7.66. The van der Waals surface area contributed by atoms with Crippen molar-refractivity contribution >= 4 is 16.7 Å². The van der Waals surface area contributed by atoms with Crippen LogP contribution in [0.25, 0.3) is 10.8 Å². The highest BCUT2D eigenvalue weighted by Gasteiger charge is 2.30. The van der Waals surface area contributed by atoms with Crippen LogP contribution in [0.4, 0.5) is 0 Å². The highest BCUT2D eigenvalue weighted by atomic mass is 16.5. The summed E-state index contributed by atoms with van der Waals surface area (Å²) in [6, 6.07) is 13.2. The molecular weight excluding hydrogens is 398 g/mol. The number of hydrogen-bond acceptors (Lipinski definition) is 3. The number of hydrogen-bond donors (Lipinski definition) is 1. The Hall–Kier alpha value is -2.07. The topological polar surface area (TPSA) is 49.8 Å². The van der Waals surface area contributed by atoms with E-state index in [0.717, 1.165) is 63.4 Å². The second-order valence-corrected chi connectivity index (χ2v) is 11.0. The minimum absolute atomic E-state index is 0.182. The van der Waals surface area contributed by atoms with Crippen LogP contribution in [-0.4, -0.2) is 35.2 Å². The van der Waals surface area contributed by atoms with Crippen LogP contribution in [0.2, 0.25) is 0 Å². The number of nitrogens with zero attached hydrogens (tertiary/aromatic N) is 1. The van der Waals surface area contributed by atoms with E-state index in [0.29, 0.717) is 11.5 Å². The maximum atomic E-state index is 11.3. The number of benzene rings is 2. The number of likely N-dealkylation sites (tertiary alicyclic amines) is 1. The molecule has 4 heteroatoms. The molecule has 2 aliphatic rings. The fraction of sp³-hybridized carbons (Fsp3) is 0.607. The van der Waals surface area contributed by atoms with Crippen LogP contribution in [0.5, 0.6) is 5.75 Å². The fourth-order valence-corrected chi connectivity index (χ4v) is 5.50. The van der Waals surface area contributed by atoms with Crippen molar-refractivity contribution < 1.29 is 14.6 Å². The van der Waals surface area contributed by atoms with Crippen LogP contribution in [0.1, 0.15) is 71.3 Å². The molecule has 4 rings (SSSR count). The van der Waals surface area contributed by atoms with Gasteiger partial charge in [0.05, 0.1) is 12.0 Å². The minimum Gasteiger partial charge on any atom is -0.490 e. The summed E-state index contributed by atoms with van der Waals surface area (Å²) in [5.41, 5.74) is 1.69. The Morgan fingerprint density at radius 3 is 2.41 bits per heavy atom. The van der Waals surface area contributed by atoms with Gasteiger partial charge in [-0.25, -0.2) is 0 Å². The van der Waals surface area contributed by atoms with Crippen molar-refractivity contribution in [3.8, 4) is 5.75 Å². The fourth-order valence-electron chi connectivity index (χ4n) is 5.50. The normalized spacial score (nSPS) is 25.4. The van der Waals surface area contributed by atoms with Crippen molar-refractivity contribution in [2.45, 2.75) is 78.4 Å². The first-order chi connectivity index (χ1) is 15.3. The molecule has 1 aliphatic carbocycles. The van der Waals surface area contributed by atoms with Gasteiger partial charge in [-0.3, -0.25) is 9.69 Å². The van der Waals surface area contributed by atoms with E-state index in [4.69, 9.17) is 4.74 Å². The standard InChI is InChI=1S/C28H39NO3/c1-28(2,3)24-9-12-25(13-10-24)32-26-11-8-22-17-20(6-7-23(22)18-26)19-29-15-4-5-21(14-16-29)27(30)31/h6-8,11,17-18,21,24-25H,4-5,9-10,12-16,19H2,1-3H3,(H,30,31)/t21?,24-,25-. The molecule has 0 bridgehead atoms.